The molecule has 1 rings (SSSR count). The number of rotatable bonds is 7. The average Bonchev–Trinajstić information content (AvgIpc) is 2.76. The van der Waals surface area contributed by atoms with Gasteiger partial charge in [-0.2, -0.15) is 0 Å². The van der Waals surface area contributed by atoms with Crippen LogP contribution in [0.1, 0.15) is 19.8 Å². The van der Waals surface area contributed by atoms with Crippen molar-refractivity contribution in [1.29, 1.82) is 0 Å². The van der Waals surface area contributed by atoms with Crippen LogP contribution in [-0.2, 0) is 14.3 Å². The van der Waals surface area contributed by atoms with Gasteiger partial charge in [-0.3, -0.25) is 9.59 Å². The molecule has 1 saturated carbocycles. The van der Waals surface area contributed by atoms with Crippen LogP contribution in [0.3, 0.4) is 0 Å². The van der Waals surface area contributed by atoms with E-state index in [-0.39, 0.29) is 11.8 Å². The Morgan fingerprint density at radius 2 is 2.05 bits per heavy atom. The van der Waals surface area contributed by atoms with E-state index in [2.05, 4.69) is 6.58 Å². The van der Waals surface area contributed by atoms with Crippen molar-refractivity contribution in [2.45, 2.75) is 19.8 Å². The van der Waals surface area contributed by atoms with Gasteiger partial charge in [-0.1, -0.05) is 13.0 Å². The highest BCUT2D eigenvalue weighted by Gasteiger charge is 2.42. The number of hydrogen-bond donors (Lipinski definition) is 1. The van der Waals surface area contributed by atoms with Gasteiger partial charge >= 0.3 is 5.97 Å². The van der Waals surface area contributed by atoms with Crippen molar-refractivity contribution >= 4 is 11.9 Å². The van der Waals surface area contributed by atoms with Gasteiger partial charge in [0.1, 0.15) is 0 Å². The van der Waals surface area contributed by atoms with E-state index in [1.807, 2.05) is 6.92 Å². The number of carboxylic acid groups (broad SMARTS) is 1. The van der Waals surface area contributed by atoms with Gasteiger partial charge in [-0.25, -0.2) is 0 Å². The summed E-state index contributed by atoms with van der Waals surface area (Å²) in [6.45, 7) is 6.98. The predicted octanol–water partition coefficient (Wildman–Crippen LogP) is 1.39. The highest BCUT2D eigenvalue weighted by atomic mass is 16.5. The van der Waals surface area contributed by atoms with E-state index in [9.17, 15) is 14.7 Å². The van der Waals surface area contributed by atoms with Crippen molar-refractivity contribution in [2.75, 3.05) is 26.8 Å². The first-order chi connectivity index (χ1) is 9.01. The average molecular weight is 269 g/mol. The topological polar surface area (TPSA) is 66.8 Å². The van der Waals surface area contributed by atoms with Crippen molar-refractivity contribution in [3.8, 4) is 0 Å². The van der Waals surface area contributed by atoms with E-state index >= 15 is 0 Å². The van der Waals surface area contributed by atoms with Crippen LogP contribution in [0.25, 0.3) is 0 Å². The maximum atomic E-state index is 12.5. The molecule has 1 aliphatic carbocycles. The summed E-state index contributed by atoms with van der Waals surface area (Å²) >= 11 is 0. The normalized spacial score (nSPS) is 26.1. The summed E-state index contributed by atoms with van der Waals surface area (Å²) in [5.41, 5.74) is 0. The number of hydrogen-bond acceptors (Lipinski definition) is 3. The lowest BCUT2D eigenvalue weighted by Gasteiger charge is -2.26. The van der Waals surface area contributed by atoms with Gasteiger partial charge in [0.05, 0.1) is 18.4 Å². The van der Waals surface area contributed by atoms with Gasteiger partial charge in [-0.05, 0) is 18.8 Å². The first-order valence-electron chi connectivity index (χ1n) is 6.62. The second-order valence-corrected chi connectivity index (χ2v) is 5.19. The van der Waals surface area contributed by atoms with Gasteiger partial charge in [0.25, 0.3) is 0 Å². The molecule has 0 aliphatic heterocycles. The van der Waals surface area contributed by atoms with Gasteiger partial charge in [0, 0.05) is 20.2 Å². The molecule has 3 unspecified atom stereocenters. The van der Waals surface area contributed by atoms with Crippen LogP contribution < -0.4 is 0 Å². The summed E-state index contributed by atoms with van der Waals surface area (Å²) in [4.78, 5) is 25.3. The van der Waals surface area contributed by atoms with E-state index in [1.54, 1.807) is 18.1 Å². The molecule has 0 saturated heterocycles. The summed E-state index contributed by atoms with van der Waals surface area (Å²) < 4.78 is 4.98. The molecule has 0 radical (unpaired) electrons. The number of nitrogens with zero attached hydrogens (tertiary/aromatic N) is 1. The highest BCUT2D eigenvalue weighted by Crippen LogP contribution is 2.37. The molecule has 1 fully saturated rings. The monoisotopic (exact) mass is 269 g/mol. The molecule has 3 atom stereocenters. The lowest BCUT2D eigenvalue weighted by atomic mass is 9.94. The fourth-order valence-electron chi connectivity index (χ4n) is 2.72. The second-order valence-electron chi connectivity index (χ2n) is 5.19. The van der Waals surface area contributed by atoms with E-state index in [0.717, 1.165) is 0 Å². The number of carbonyl (C=O) groups is 2. The molecule has 1 N–H and O–H groups in total. The standard InChI is InChI=1S/C14H23NO4/c1-4-5-15(6-7-19-3)13(16)11-8-10(2)9-12(11)14(17)18/h4,10-12H,1,5-9H2,2-3H3,(H,17,18). The molecule has 0 aromatic rings. The summed E-state index contributed by atoms with van der Waals surface area (Å²) in [5, 5.41) is 9.22. The van der Waals surface area contributed by atoms with Crippen LogP contribution in [0.15, 0.2) is 12.7 Å². The van der Waals surface area contributed by atoms with E-state index in [1.165, 1.54) is 0 Å². The largest absolute Gasteiger partial charge is 0.481 e. The Morgan fingerprint density at radius 1 is 1.42 bits per heavy atom. The minimum absolute atomic E-state index is 0.0892. The Balaban J connectivity index is 2.76. The minimum Gasteiger partial charge on any atom is -0.481 e. The lowest BCUT2D eigenvalue weighted by Crippen LogP contribution is -2.41. The number of carboxylic acids is 1. The number of aliphatic carboxylic acids is 1. The fraction of sp³-hybridized carbons (Fsp3) is 0.714. The Bertz CT molecular complexity index is 342. The zero-order valence-electron chi connectivity index (χ0n) is 11.7. The molecule has 1 aliphatic rings. The van der Waals surface area contributed by atoms with Gasteiger partial charge in [0.15, 0.2) is 0 Å². The first-order valence-corrected chi connectivity index (χ1v) is 6.62. The van der Waals surface area contributed by atoms with E-state index in [4.69, 9.17) is 4.74 Å². The number of ether oxygens (including phenoxy) is 1. The van der Waals surface area contributed by atoms with Crippen molar-refractivity contribution < 1.29 is 19.4 Å². The molecule has 0 aromatic heterocycles. The van der Waals surface area contributed by atoms with Gasteiger partial charge in [-0.15, -0.1) is 6.58 Å². The lowest BCUT2D eigenvalue weighted by molar-refractivity contribution is -0.149. The molecule has 0 bridgehead atoms. The van der Waals surface area contributed by atoms with Crippen LogP contribution in [0, 0.1) is 17.8 Å². The Hall–Kier alpha value is -1.36. The Morgan fingerprint density at radius 3 is 2.58 bits per heavy atom. The number of carbonyl (C=O) groups excluding carboxylic acids is 1. The zero-order chi connectivity index (χ0) is 14.4. The summed E-state index contributed by atoms with van der Waals surface area (Å²) in [7, 11) is 1.58. The maximum absolute atomic E-state index is 12.5. The second kappa shape index (κ2) is 7.28. The van der Waals surface area contributed by atoms with Crippen LogP contribution in [0.2, 0.25) is 0 Å². The molecule has 0 heterocycles. The SMILES string of the molecule is C=CCN(CCOC)C(=O)C1CC(C)CC1C(=O)O. The molecule has 0 aromatic carbocycles. The van der Waals surface area contributed by atoms with Crippen LogP contribution >= 0.6 is 0 Å². The number of methoxy groups -OCH3 is 1. The third-order valence-electron chi connectivity index (χ3n) is 3.66. The molecule has 0 spiro atoms. The van der Waals surface area contributed by atoms with Crippen molar-refractivity contribution in [3.05, 3.63) is 12.7 Å². The minimum atomic E-state index is -0.868. The maximum Gasteiger partial charge on any atom is 0.307 e. The van der Waals surface area contributed by atoms with E-state index < -0.39 is 17.8 Å². The van der Waals surface area contributed by atoms with Gasteiger partial charge < -0.3 is 14.7 Å². The molecule has 1 amide bonds. The Labute approximate surface area is 114 Å². The third kappa shape index (κ3) is 4.06. The highest BCUT2D eigenvalue weighted by molar-refractivity contribution is 5.85. The van der Waals surface area contributed by atoms with E-state index in [0.29, 0.717) is 32.5 Å². The smallest absolute Gasteiger partial charge is 0.307 e. The first kappa shape index (κ1) is 15.7. The molecule has 5 heteroatoms. The fourth-order valence-corrected chi connectivity index (χ4v) is 2.72. The summed E-state index contributed by atoms with van der Waals surface area (Å²) in [6.07, 6.45) is 2.89. The van der Waals surface area contributed by atoms with Crippen molar-refractivity contribution in [3.63, 3.8) is 0 Å². The Kier molecular flexibility index (Phi) is 6.02. The van der Waals surface area contributed by atoms with Crippen LogP contribution in [0.5, 0.6) is 0 Å². The molecular weight excluding hydrogens is 246 g/mol. The molecule has 5 nitrogen and oxygen atoms in total. The summed E-state index contributed by atoms with van der Waals surface area (Å²) in [6, 6.07) is 0. The van der Waals surface area contributed by atoms with Crippen molar-refractivity contribution in [2.24, 2.45) is 17.8 Å². The molecule has 19 heavy (non-hydrogen) atoms. The van der Waals surface area contributed by atoms with Crippen LogP contribution in [-0.4, -0.2) is 48.7 Å². The zero-order valence-corrected chi connectivity index (χ0v) is 11.7. The summed E-state index contributed by atoms with van der Waals surface area (Å²) in [5.74, 6) is -1.65. The van der Waals surface area contributed by atoms with Crippen molar-refractivity contribution in [1.82, 2.24) is 4.90 Å². The van der Waals surface area contributed by atoms with Gasteiger partial charge in [0.2, 0.25) is 5.91 Å². The molecule has 108 valence electrons. The third-order valence-corrected chi connectivity index (χ3v) is 3.66. The number of amides is 1. The quantitative estimate of drug-likeness (QED) is 0.709. The van der Waals surface area contributed by atoms with Crippen LogP contribution in [0.4, 0.5) is 0 Å². The predicted molar refractivity (Wildman–Crippen MR) is 71.7 cm³/mol. The molecular formula is C14H23NO4.